The Labute approximate surface area is 125 Å². The zero-order valence-electron chi connectivity index (χ0n) is 11.4. The molecule has 1 atom stereocenters. The molecule has 1 aromatic heterocycles. The SMILES string of the molecule is COCCn1ncc(Br)c1C(N)c1ccc(F)c(C)c1. The van der Waals surface area contributed by atoms with Crippen LogP contribution in [0.5, 0.6) is 0 Å². The number of benzene rings is 1. The minimum atomic E-state index is -0.372. The van der Waals surface area contributed by atoms with Gasteiger partial charge in [-0.1, -0.05) is 12.1 Å². The summed E-state index contributed by atoms with van der Waals surface area (Å²) in [7, 11) is 1.64. The number of ether oxygens (including phenoxy) is 1. The molecule has 108 valence electrons. The van der Waals surface area contributed by atoms with Crippen LogP contribution in [0.25, 0.3) is 0 Å². The van der Waals surface area contributed by atoms with E-state index in [2.05, 4.69) is 21.0 Å². The van der Waals surface area contributed by atoms with E-state index in [1.54, 1.807) is 37.0 Å². The Hall–Kier alpha value is -1.24. The topological polar surface area (TPSA) is 53.1 Å². The van der Waals surface area contributed by atoms with Crippen molar-refractivity contribution in [1.82, 2.24) is 9.78 Å². The zero-order chi connectivity index (χ0) is 14.7. The lowest BCUT2D eigenvalue weighted by Crippen LogP contribution is -2.19. The Morgan fingerprint density at radius 2 is 2.25 bits per heavy atom. The molecule has 0 spiro atoms. The number of halogens is 2. The standard InChI is InChI=1S/C14H17BrFN3O/c1-9-7-10(3-4-12(9)16)13(17)14-11(15)8-18-19(14)5-6-20-2/h3-4,7-8,13H,5-6,17H2,1-2H3. The van der Waals surface area contributed by atoms with Gasteiger partial charge in [0, 0.05) is 7.11 Å². The molecule has 0 radical (unpaired) electrons. The Morgan fingerprint density at radius 3 is 2.90 bits per heavy atom. The average molecular weight is 342 g/mol. The van der Waals surface area contributed by atoms with Crippen molar-refractivity contribution in [3.63, 3.8) is 0 Å². The van der Waals surface area contributed by atoms with E-state index in [1.165, 1.54) is 6.07 Å². The van der Waals surface area contributed by atoms with Crippen molar-refractivity contribution in [2.75, 3.05) is 13.7 Å². The fourth-order valence-corrected chi connectivity index (χ4v) is 2.60. The van der Waals surface area contributed by atoms with Crippen LogP contribution in [-0.4, -0.2) is 23.5 Å². The highest BCUT2D eigenvalue weighted by atomic mass is 79.9. The van der Waals surface area contributed by atoms with Gasteiger partial charge in [0.15, 0.2) is 0 Å². The second-order valence-electron chi connectivity index (χ2n) is 4.58. The largest absolute Gasteiger partial charge is 0.383 e. The highest BCUT2D eigenvalue weighted by Gasteiger charge is 2.18. The predicted molar refractivity (Wildman–Crippen MR) is 79.0 cm³/mol. The van der Waals surface area contributed by atoms with Crippen LogP contribution in [-0.2, 0) is 11.3 Å². The van der Waals surface area contributed by atoms with Gasteiger partial charge in [0.1, 0.15) is 5.82 Å². The lowest BCUT2D eigenvalue weighted by atomic mass is 10.0. The summed E-state index contributed by atoms with van der Waals surface area (Å²) < 4.78 is 21.0. The molecular formula is C14H17BrFN3O. The van der Waals surface area contributed by atoms with Gasteiger partial charge in [0.2, 0.25) is 0 Å². The van der Waals surface area contributed by atoms with Crippen molar-refractivity contribution in [3.05, 3.63) is 51.5 Å². The molecule has 0 aliphatic carbocycles. The van der Waals surface area contributed by atoms with E-state index < -0.39 is 0 Å². The molecule has 4 nitrogen and oxygen atoms in total. The van der Waals surface area contributed by atoms with Crippen molar-refractivity contribution < 1.29 is 9.13 Å². The van der Waals surface area contributed by atoms with Crippen LogP contribution in [0.3, 0.4) is 0 Å². The monoisotopic (exact) mass is 341 g/mol. The number of nitrogens with zero attached hydrogens (tertiary/aromatic N) is 2. The number of hydrogen-bond acceptors (Lipinski definition) is 3. The van der Waals surface area contributed by atoms with Gasteiger partial charge in [-0.05, 0) is 40.0 Å². The lowest BCUT2D eigenvalue weighted by Gasteiger charge is -2.16. The minimum Gasteiger partial charge on any atom is -0.383 e. The summed E-state index contributed by atoms with van der Waals surface area (Å²) in [5, 5.41) is 4.28. The van der Waals surface area contributed by atoms with Gasteiger partial charge in [0.25, 0.3) is 0 Å². The summed E-state index contributed by atoms with van der Waals surface area (Å²) in [5.74, 6) is -0.229. The van der Waals surface area contributed by atoms with Gasteiger partial charge in [-0.25, -0.2) is 4.39 Å². The van der Waals surface area contributed by atoms with E-state index in [4.69, 9.17) is 10.5 Å². The first-order valence-electron chi connectivity index (χ1n) is 6.26. The average Bonchev–Trinajstić information content (AvgIpc) is 2.80. The first-order valence-corrected chi connectivity index (χ1v) is 7.05. The van der Waals surface area contributed by atoms with Crippen LogP contribution in [0.1, 0.15) is 22.9 Å². The summed E-state index contributed by atoms with van der Waals surface area (Å²) in [5.41, 5.74) is 8.58. The van der Waals surface area contributed by atoms with Gasteiger partial charge in [-0.15, -0.1) is 0 Å². The first kappa shape index (κ1) is 15.2. The molecule has 1 unspecified atom stereocenters. The first-order chi connectivity index (χ1) is 9.54. The Balaban J connectivity index is 2.34. The highest BCUT2D eigenvalue weighted by Crippen LogP contribution is 2.27. The van der Waals surface area contributed by atoms with Crippen LogP contribution >= 0.6 is 15.9 Å². The molecule has 0 aliphatic heterocycles. The third kappa shape index (κ3) is 3.08. The molecule has 0 aliphatic rings. The van der Waals surface area contributed by atoms with Gasteiger partial charge < -0.3 is 10.5 Å². The van der Waals surface area contributed by atoms with Gasteiger partial charge in [0.05, 0.1) is 35.6 Å². The van der Waals surface area contributed by atoms with Crippen molar-refractivity contribution in [2.24, 2.45) is 5.73 Å². The molecule has 0 amide bonds. The molecule has 0 bridgehead atoms. The van der Waals surface area contributed by atoms with Crippen LogP contribution in [0.2, 0.25) is 0 Å². The number of methoxy groups -OCH3 is 1. The molecule has 0 saturated heterocycles. The molecule has 0 fully saturated rings. The van der Waals surface area contributed by atoms with Gasteiger partial charge in [-0.2, -0.15) is 5.10 Å². The van der Waals surface area contributed by atoms with Crippen LogP contribution in [0.4, 0.5) is 4.39 Å². The second-order valence-corrected chi connectivity index (χ2v) is 5.43. The highest BCUT2D eigenvalue weighted by molar-refractivity contribution is 9.10. The Kier molecular flexibility index (Phi) is 4.91. The molecule has 6 heteroatoms. The fraction of sp³-hybridized carbons (Fsp3) is 0.357. The summed E-state index contributed by atoms with van der Waals surface area (Å²) in [6, 6.07) is 4.53. The fourth-order valence-electron chi connectivity index (χ4n) is 2.06. The molecule has 2 aromatic rings. The number of hydrogen-bond donors (Lipinski definition) is 1. The molecular weight excluding hydrogens is 325 g/mol. The maximum Gasteiger partial charge on any atom is 0.126 e. The number of aromatic nitrogens is 2. The molecule has 1 heterocycles. The van der Waals surface area contributed by atoms with Crippen LogP contribution in [0, 0.1) is 12.7 Å². The number of aryl methyl sites for hydroxylation is 1. The van der Waals surface area contributed by atoms with E-state index in [1.807, 2.05) is 0 Å². The normalized spacial score (nSPS) is 12.7. The van der Waals surface area contributed by atoms with Crippen LogP contribution in [0.15, 0.2) is 28.9 Å². The zero-order valence-corrected chi connectivity index (χ0v) is 13.0. The van der Waals surface area contributed by atoms with E-state index in [0.717, 1.165) is 15.7 Å². The quantitative estimate of drug-likeness (QED) is 0.909. The summed E-state index contributed by atoms with van der Waals surface area (Å²) in [6.07, 6.45) is 1.71. The third-order valence-electron chi connectivity index (χ3n) is 3.18. The van der Waals surface area contributed by atoms with Crippen molar-refractivity contribution in [2.45, 2.75) is 19.5 Å². The minimum absolute atomic E-state index is 0.229. The maximum atomic E-state index is 13.3. The van der Waals surface area contributed by atoms with E-state index in [9.17, 15) is 4.39 Å². The Morgan fingerprint density at radius 1 is 1.50 bits per heavy atom. The van der Waals surface area contributed by atoms with E-state index in [0.29, 0.717) is 18.7 Å². The number of nitrogens with two attached hydrogens (primary N) is 1. The second kappa shape index (κ2) is 6.47. The smallest absolute Gasteiger partial charge is 0.126 e. The summed E-state index contributed by atoms with van der Waals surface area (Å²) in [4.78, 5) is 0. The molecule has 2 N–H and O–H groups in total. The van der Waals surface area contributed by atoms with Gasteiger partial charge >= 0.3 is 0 Å². The van der Waals surface area contributed by atoms with Crippen LogP contribution < -0.4 is 5.73 Å². The maximum absolute atomic E-state index is 13.3. The lowest BCUT2D eigenvalue weighted by molar-refractivity contribution is 0.182. The Bertz CT molecular complexity index is 600. The van der Waals surface area contributed by atoms with Crippen molar-refractivity contribution in [1.29, 1.82) is 0 Å². The predicted octanol–water partition coefficient (Wildman–Crippen LogP) is 2.79. The summed E-state index contributed by atoms with van der Waals surface area (Å²) in [6.45, 7) is 2.89. The summed E-state index contributed by atoms with van der Waals surface area (Å²) >= 11 is 3.46. The molecule has 1 aromatic carbocycles. The third-order valence-corrected chi connectivity index (χ3v) is 3.79. The van der Waals surface area contributed by atoms with Crippen molar-refractivity contribution in [3.8, 4) is 0 Å². The molecule has 2 rings (SSSR count). The molecule has 0 saturated carbocycles. The number of rotatable bonds is 5. The van der Waals surface area contributed by atoms with Crippen molar-refractivity contribution >= 4 is 15.9 Å². The van der Waals surface area contributed by atoms with E-state index in [-0.39, 0.29) is 11.9 Å². The van der Waals surface area contributed by atoms with E-state index >= 15 is 0 Å². The molecule has 20 heavy (non-hydrogen) atoms. The van der Waals surface area contributed by atoms with Gasteiger partial charge in [-0.3, -0.25) is 4.68 Å².